The maximum absolute atomic E-state index is 13.2. The third-order valence-electron chi connectivity index (χ3n) is 4.03. The van der Waals surface area contributed by atoms with E-state index in [1.54, 1.807) is 19.2 Å². The van der Waals surface area contributed by atoms with Crippen LogP contribution < -0.4 is 15.4 Å². The number of hydrogen-bond acceptors (Lipinski definition) is 3. The second kappa shape index (κ2) is 14.0. The molecule has 0 aliphatic heterocycles. The average Bonchev–Trinajstić information content (AvgIpc) is 2.57. The van der Waals surface area contributed by atoms with E-state index in [9.17, 15) is 4.39 Å². The van der Waals surface area contributed by atoms with E-state index in [-0.39, 0.29) is 35.9 Å². The van der Waals surface area contributed by atoms with E-state index in [1.807, 2.05) is 6.92 Å². The van der Waals surface area contributed by atoms with Crippen LogP contribution in [0.1, 0.15) is 33.6 Å². The third kappa shape index (κ3) is 10.8. The summed E-state index contributed by atoms with van der Waals surface area (Å²) in [4.78, 5) is 6.56. The van der Waals surface area contributed by atoms with E-state index in [0.717, 1.165) is 31.9 Å². The molecule has 7 heteroatoms. The first-order valence-corrected chi connectivity index (χ1v) is 8.99. The van der Waals surface area contributed by atoms with Crippen LogP contribution in [0.5, 0.6) is 5.75 Å². The monoisotopic (exact) mass is 480 g/mol. The molecule has 0 amide bonds. The van der Waals surface area contributed by atoms with Crippen LogP contribution in [0.3, 0.4) is 0 Å². The number of guanidine groups is 1. The normalized spacial score (nSPS) is 12.7. The maximum Gasteiger partial charge on any atom is 0.191 e. The molecule has 0 saturated heterocycles. The van der Waals surface area contributed by atoms with E-state index >= 15 is 0 Å². The Balaban J connectivity index is 0.00000625. The zero-order chi connectivity index (χ0) is 18.7. The molecular weight excluding hydrogens is 446 g/mol. The van der Waals surface area contributed by atoms with E-state index in [0.29, 0.717) is 18.3 Å². The van der Waals surface area contributed by atoms with Crippen LogP contribution in [0.4, 0.5) is 4.39 Å². The standard InChI is InChI=1S/C19H33FN4O.HI/c1-15(2)24(5)12-7-6-11-22-19(21-4)23-14-16(3)25-18-10-8-9-17(20)13-18;/h8-10,13,15-16H,6-7,11-12,14H2,1-5H3,(H2,21,22,23);1H. The topological polar surface area (TPSA) is 48.9 Å². The molecule has 1 atom stereocenters. The highest BCUT2D eigenvalue weighted by Gasteiger charge is 2.07. The van der Waals surface area contributed by atoms with Crippen LogP contribution in [-0.2, 0) is 0 Å². The van der Waals surface area contributed by atoms with Crippen molar-refractivity contribution in [3.8, 4) is 5.75 Å². The minimum absolute atomic E-state index is 0. The molecule has 1 unspecified atom stereocenters. The van der Waals surface area contributed by atoms with Gasteiger partial charge in [-0.2, -0.15) is 0 Å². The summed E-state index contributed by atoms with van der Waals surface area (Å²) >= 11 is 0. The van der Waals surface area contributed by atoms with Crippen molar-refractivity contribution in [2.24, 2.45) is 4.99 Å². The Morgan fingerprint density at radius 1 is 1.23 bits per heavy atom. The number of ether oxygens (including phenoxy) is 1. The number of nitrogens with zero attached hydrogens (tertiary/aromatic N) is 2. The molecule has 2 N–H and O–H groups in total. The lowest BCUT2D eigenvalue weighted by molar-refractivity contribution is 0.223. The lowest BCUT2D eigenvalue weighted by atomic mass is 10.2. The van der Waals surface area contributed by atoms with Gasteiger partial charge < -0.3 is 20.3 Å². The molecule has 0 aliphatic rings. The van der Waals surface area contributed by atoms with Crippen molar-refractivity contribution in [2.75, 3.05) is 33.7 Å². The summed E-state index contributed by atoms with van der Waals surface area (Å²) in [5.74, 6) is 0.997. The quantitative estimate of drug-likeness (QED) is 0.233. The van der Waals surface area contributed by atoms with E-state index < -0.39 is 0 Å². The number of unbranched alkanes of at least 4 members (excludes halogenated alkanes) is 1. The molecule has 0 radical (unpaired) electrons. The van der Waals surface area contributed by atoms with Gasteiger partial charge in [-0.05, 0) is 59.3 Å². The fraction of sp³-hybridized carbons (Fsp3) is 0.632. The average molecular weight is 480 g/mol. The maximum atomic E-state index is 13.2. The number of nitrogens with one attached hydrogen (secondary N) is 2. The first-order valence-electron chi connectivity index (χ1n) is 8.99. The van der Waals surface area contributed by atoms with Crippen molar-refractivity contribution in [1.82, 2.24) is 15.5 Å². The summed E-state index contributed by atoms with van der Waals surface area (Å²) in [6.07, 6.45) is 2.14. The predicted octanol–water partition coefficient (Wildman–Crippen LogP) is 3.50. The second-order valence-electron chi connectivity index (χ2n) is 6.55. The highest BCUT2D eigenvalue weighted by atomic mass is 127. The highest BCUT2D eigenvalue weighted by Crippen LogP contribution is 2.13. The lowest BCUT2D eigenvalue weighted by Crippen LogP contribution is -2.42. The third-order valence-corrected chi connectivity index (χ3v) is 4.03. The van der Waals surface area contributed by atoms with Crippen LogP contribution in [-0.4, -0.2) is 56.7 Å². The van der Waals surface area contributed by atoms with Crippen LogP contribution in [0.15, 0.2) is 29.3 Å². The van der Waals surface area contributed by atoms with Crippen LogP contribution in [0, 0.1) is 5.82 Å². The zero-order valence-electron chi connectivity index (χ0n) is 16.6. The number of rotatable bonds is 10. The van der Waals surface area contributed by atoms with Gasteiger partial charge in [-0.3, -0.25) is 4.99 Å². The highest BCUT2D eigenvalue weighted by molar-refractivity contribution is 14.0. The van der Waals surface area contributed by atoms with Crippen molar-refractivity contribution in [1.29, 1.82) is 0 Å². The zero-order valence-corrected chi connectivity index (χ0v) is 18.9. The number of hydrogen-bond donors (Lipinski definition) is 2. The summed E-state index contributed by atoms with van der Waals surface area (Å²) in [6, 6.07) is 6.77. The molecule has 0 saturated carbocycles. The molecule has 1 rings (SSSR count). The second-order valence-corrected chi connectivity index (χ2v) is 6.55. The Morgan fingerprint density at radius 2 is 1.96 bits per heavy atom. The predicted molar refractivity (Wildman–Crippen MR) is 118 cm³/mol. The first-order chi connectivity index (χ1) is 11.9. The van der Waals surface area contributed by atoms with E-state index in [1.165, 1.54) is 12.1 Å². The minimum atomic E-state index is -0.293. The van der Waals surface area contributed by atoms with Gasteiger partial charge in [0.15, 0.2) is 5.96 Å². The van der Waals surface area contributed by atoms with Crippen molar-refractivity contribution in [3.63, 3.8) is 0 Å². The molecule has 5 nitrogen and oxygen atoms in total. The Labute approximate surface area is 174 Å². The fourth-order valence-electron chi connectivity index (χ4n) is 2.23. The van der Waals surface area contributed by atoms with E-state index in [2.05, 4.69) is 41.4 Å². The van der Waals surface area contributed by atoms with Gasteiger partial charge in [0.05, 0.1) is 6.54 Å². The lowest BCUT2D eigenvalue weighted by Gasteiger charge is -2.21. The molecule has 1 aromatic rings. The summed E-state index contributed by atoms with van der Waals surface area (Å²) in [7, 11) is 3.90. The van der Waals surface area contributed by atoms with Gasteiger partial charge in [-0.15, -0.1) is 24.0 Å². The largest absolute Gasteiger partial charge is 0.489 e. The summed E-state index contributed by atoms with van der Waals surface area (Å²) in [5.41, 5.74) is 0. The van der Waals surface area contributed by atoms with E-state index in [4.69, 9.17) is 4.74 Å². The van der Waals surface area contributed by atoms with Crippen molar-refractivity contribution in [3.05, 3.63) is 30.1 Å². The molecule has 26 heavy (non-hydrogen) atoms. The van der Waals surface area contributed by atoms with Gasteiger partial charge >= 0.3 is 0 Å². The molecule has 0 aromatic heterocycles. The smallest absolute Gasteiger partial charge is 0.191 e. The van der Waals surface area contributed by atoms with Crippen molar-refractivity contribution in [2.45, 2.75) is 45.8 Å². The summed E-state index contributed by atoms with van der Waals surface area (Å²) in [5, 5.41) is 6.54. The molecular formula is C19H34FIN4O. The Kier molecular flexibility index (Phi) is 13.4. The Hall–Kier alpha value is -1.09. The van der Waals surface area contributed by atoms with Gasteiger partial charge in [0.25, 0.3) is 0 Å². The van der Waals surface area contributed by atoms with Gasteiger partial charge in [0, 0.05) is 25.7 Å². The molecule has 1 aromatic carbocycles. The molecule has 0 spiro atoms. The summed E-state index contributed by atoms with van der Waals surface area (Å²) < 4.78 is 18.8. The van der Waals surface area contributed by atoms with Crippen LogP contribution in [0.25, 0.3) is 0 Å². The SMILES string of the molecule is CN=C(NCCCCN(C)C(C)C)NCC(C)Oc1cccc(F)c1.I. The molecule has 0 fully saturated rings. The van der Waals surface area contributed by atoms with Gasteiger partial charge in [0.2, 0.25) is 0 Å². The molecule has 0 aliphatic carbocycles. The Morgan fingerprint density at radius 3 is 2.58 bits per heavy atom. The molecule has 0 heterocycles. The number of aliphatic imine (C=N–C) groups is 1. The fourth-order valence-corrected chi connectivity index (χ4v) is 2.23. The van der Waals surface area contributed by atoms with Gasteiger partial charge in [0.1, 0.15) is 17.7 Å². The van der Waals surface area contributed by atoms with Crippen molar-refractivity contribution < 1.29 is 9.13 Å². The molecule has 150 valence electrons. The number of benzene rings is 1. The van der Waals surface area contributed by atoms with Crippen molar-refractivity contribution >= 4 is 29.9 Å². The molecule has 0 bridgehead atoms. The van der Waals surface area contributed by atoms with Gasteiger partial charge in [-0.25, -0.2) is 4.39 Å². The van der Waals surface area contributed by atoms with Crippen LogP contribution in [0.2, 0.25) is 0 Å². The minimum Gasteiger partial charge on any atom is -0.489 e. The van der Waals surface area contributed by atoms with Crippen LogP contribution >= 0.6 is 24.0 Å². The number of halogens is 2. The van der Waals surface area contributed by atoms with Gasteiger partial charge in [-0.1, -0.05) is 6.07 Å². The first kappa shape index (κ1) is 24.9. The summed E-state index contributed by atoms with van der Waals surface area (Å²) in [6.45, 7) is 8.92. The Bertz CT molecular complexity index is 528.